The lowest BCUT2D eigenvalue weighted by molar-refractivity contribution is 0.591. The number of anilines is 1. The molecule has 2 aromatic rings. The van der Waals surface area contributed by atoms with E-state index in [0.717, 1.165) is 24.2 Å². The minimum absolute atomic E-state index is 0.0146. The first kappa shape index (κ1) is 14.5. The molecule has 5 nitrogen and oxygen atoms in total. The molecule has 0 spiro atoms. The van der Waals surface area contributed by atoms with Crippen LogP contribution >= 0.6 is 0 Å². The van der Waals surface area contributed by atoms with Gasteiger partial charge in [-0.3, -0.25) is 4.72 Å². The fraction of sp³-hybridized carbons (Fsp3) is 0.308. The second-order valence-electron chi connectivity index (χ2n) is 4.45. The molecule has 1 N–H and O–H groups in total. The molecule has 2 rings (SSSR count). The summed E-state index contributed by atoms with van der Waals surface area (Å²) < 4.78 is 41.3. The SMILES string of the molecule is CCCn1nc(C)cc1NS(=O)(=O)c1ccc(F)cc1. The Labute approximate surface area is 117 Å². The van der Waals surface area contributed by atoms with Gasteiger partial charge < -0.3 is 0 Å². The van der Waals surface area contributed by atoms with Crippen LogP contribution in [0.1, 0.15) is 19.0 Å². The Bertz CT molecular complexity index is 693. The highest BCUT2D eigenvalue weighted by atomic mass is 32.2. The smallest absolute Gasteiger partial charge is 0.263 e. The summed E-state index contributed by atoms with van der Waals surface area (Å²) in [6.45, 7) is 4.40. The monoisotopic (exact) mass is 297 g/mol. The topological polar surface area (TPSA) is 64.0 Å². The van der Waals surface area contributed by atoms with Crippen LogP contribution in [0.5, 0.6) is 0 Å². The van der Waals surface area contributed by atoms with E-state index in [4.69, 9.17) is 0 Å². The Morgan fingerprint density at radius 1 is 1.30 bits per heavy atom. The molecule has 0 aliphatic rings. The molecule has 108 valence electrons. The molecule has 0 saturated carbocycles. The highest BCUT2D eigenvalue weighted by molar-refractivity contribution is 7.92. The first-order valence-electron chi connectivity index (χ1n) is 6.25. The van der Waals surface area contributed by atoms with Gasteiger partial charge in [-0.2, -0.15) is 5.10 Å². The Hall–Kier alpha value is -1.89. The fourth-order valence-electron chi connectivity index (χ4n) is 1.82. The van der Waals surface area contributed by atoms with Crippen molar-refractivity contribution in [2.24, 2.45) is 0 Å². The first-order chi connectivity index (χ1) is 9.42. The maximum atomic E-state index is 12.8. The zero-order valence-corrected chi connectivity index (χ0v) is 12.1. The number of rotatable bonds is 5. The Kier molecular flexibility index (Phi) is 4.08. The molecule has 0 aliphatic carbocycles. The summed E-state index contributed by atoms with van der Waals surface area (Å²) in [7, 11) is -3.74. The summed E-state index contributed by atoms with van der Waals surface area (Å²) in [4.78, 5) is 0.0146. The first-order valence-corrected chi connectivity index (χ1v) is 7.73. The molecule has 0 radical (unpaired) electrons. The van der Waals surface area contributed by atoms with Gasteiger partial charge in [0.1, 0.15) is 11.6 Å². The number of aromatic nitrogens is 2. The lowest BCUT2D eigenvalue weighted by Crippen LogP contribution is -2.16. The third-order valence-corrected chi connectivity index (χ3v) is 4.07. The normalized spacial score (nSPS) is 11.6. The van der Waals surface area contributed by atoms with E-state index in [-0.39, 0.29) is 4.90 Å². The van der Waals surface area contributed by atoms with Crippen LogP contribution in [-0.2, 0) is 16.6 Å². The zero-order valence-electron chi connectivity index (χ0n) is 11.3. The third kappa shape index (κ3) is 3.16. The summed E-state index contributed by atoms with van der Waals surface area (Å²) in [5, 5.41) is 4.22. The van der Waals surface area contributed by atoms with Crippen LogP contribution in [-0.4, -0.2) is 18.2 Å². The number of aryl methyl sites for hydroxylation is 2. The van der Waals surface area contributed by atoms with Gasteiger partial charge in [-0.1, -0.05) is 6.92 Å². The quantitative estimate of drug-likeness (QED) is 0.922. The minimum atomic E-state index is -3.74. The van der Waals surface area contributed by atoms with E-state index in [1.165, 1.54) is 12.1 Å². The molecule has 0 unspecified atom stereocenters. The van der Waals surface area contributed by atoms with Gasteiger partial charge in [-0.25, -0.2) is 17.5 Å². The van der Waals surface area contributed by atoms with Crippen molar-refractivity contribution in [3.05, 3.63) is 41.8 Å². The van der Waals surface area contributed by atoms with Crippen molar-refractivity contribution in [2.75, 3.05) is 4.72 Å². The van der Waals surface area contributed by atoms with Crippen molar-refractivity contribution < 1.29 is 12.8 Å². The van der Waals surface area contributed by atoms with Crippen LogP contribution in [0.2, 0.25) is 0 Å². The molecule has 0 amide bonds. The number of hydrogen-bond acceptors (Lipinski definition) is 3. The van der Waals surface area contributed by atoms with Gasteiger partial charge in [-0.15, -0.1) is 0 Å². The standard InChI is InChI=1S/C13H16FN3O2S/c1-3-8-17-13(9-10(2)15-17)16-20(18,19)12-6-4-11(14)5-7-12/h4-7,9,16H,3,8H2,1-2H3. The number of benzene rings is 1. The molecule has 0 saturated heterocycles. The summed E-state index contributed by atoms with van der Waals surface area (Å²) in [6.07, 6.45) is 0.840. The molecular weight excluding hydrogens is 281 g/mol. The van der Waals surface area contributed by atoms with Crippen LogP contribution in [0.3, 0.4) is 0 Å². The van der Waals surface area contributed by atoms with Gasteiger partial charge in [0.25, 0.3) is 10.0 Å². The molecule has 1 heterocycles. The van der Waals surface area contributed by atoms with Crippen LogP contribution in [0.15, 0.2) is 35.2 Å². The molecule has 1 aromatic heterocycles. The van der Waals surface area contributed by atoms with Gasteiger partial charge in [0.2, 0.25) is 0 Å². The Morgan fingerprint density at radius 2 is 1.95 bits per heavy atom. The Morgan fingerprint density at radius 3 is 2.55 bits per heavy atom. The Balaban J connectivity index is 2.30. The summed E-state index contributed by atoms with van der Waals surface area (Å²) in [6, 6.07) is 6.35. The van der Waals surface area contributed by atoms with Gasteiger partial charge in [-0.05, 0) is 37.6 Å². The van der Waals surface area contributed by atoms with E-state index in [2.05, 4.69) is 9.82 Å². The van der Waals surface area contributed by atoms with E-state index >= 15 is 0 Å². The highest BCUT2D eigenvalue weighted by Gasteiger charge is 2.17. The lowest BCUT2D eigenvalue weighted by atomic mass is 10.4. The van der Waals surface area contributed by atoms with Gasteiger partial charge in [0.15, 0.2) is 0 Å². The van der Waals surface area contributed by atoms with Crippen LogP contribution in [0, 0.1) is 12.7 Å². The molecule has 0 bridgehead atoms. The van der Waals surface area contributed by atoms with Crippen molar-refractivity contribution in [1.82, 2.24) is 9.78 Å². The largest absolute Gasteiger partial charge is 0.264 e. The molecule has 0 aliphatic heterocycles. The number of nitrogens with zero attached hydrogens (tertiary/aromatic N) is 2. The summed E-state index contributed by atoms with van der Waals surface area (Å²) in [5.74, 6) is -0.0653. The second-order valence-corrected chi connectivity index (χ2v) is 6.14. The molecule has 1 aromatic carbocycles. The summed E-state index contributed by atoms with van der Waals surface area (Å²) in [5.41, 5.74) is 0.732. The predicted octanol–water partition coefficient (Wildman–Crippen LogP) is 2.54. The van der Waals surface area contributed by atoms with E-state index < -0.39 is 15.8 Å². The van der Waals surface area contributed by atoms with Crippen molar-refractivity contribution in [2.45, 2.75) is 31.7 Å². The van der Waals surface area contributed by atoms with Crippen molar-refractivity contribution in [3.8, 4) is 0 Å². The highest BCUT2D eigenvalue weighted by Crippen LogP contribution is 2.17. The molecular formula is C13H16FN3O2S. The number of nitrogens with one attached hydrogen (secondary N) is 1. The number of sulfonamides is 1. The van der Waals surface area contributed by atoms with E-state index in [9.17, 15) is 12.8 Å². The van der Waals surface area contributed by atoms with E-state index in [0.29, 0.717) is 12.4 Å². The van der Waals surface area contributed by atoms with Gasteiger partial charge in [0, 0.05) is 12.6 Å². The fourth-order valence-corrected chi connectivity index (χ4v) is 2.87. The van der Waals surface area contributed by atoms with Gasteiger partial charge >= 0.3 is 0 Å². The number of hydrogen-bond donors (Lipinski definition) is 1. The van der Waals surface area contributed by atoms with E-state index in [1.54, 1.807) is 17.7 Å². The lowest BCUT2D eigenvalue weighted by Gasteiger charge is -2.09. The average Bonchev–Trinajstić information content (AvgIpc) is 2.70. The zero-order chi connectivity index (χ0) is 14.8. The van der Waals surface area contributed by atoms with Gasteiger partial charge in [0.05, 0.1) is 10.6 Å². The predicted molar refractivity (Wildman–Crippen MR) is 74.5 cm³/mol. The maximum Gasteiger partial charge on any atom is 0.263 e. The maximum absolute atomic E-state index is 12.8. The summed E-state index contributed by atoms with van der Waals surface area (Å²) >= 11 is 0. The van der Waals surface area contributed by atoms with Crippen LogP contribution < -0.4 is 4.72 Å². The van der Waals surface area contributed by atoms with E-state index in [1.807, 2.05) is 6.92 Å². The minimum Gasteiger partial charge on any atom is -0.264 e. The molecule has 7 heteroatoms. The van der Waals surface area contributed by atoms with Crippen LogP contribution in [0.4, 0.5) is 10.2 Å². The molecule has 0 atom stereocenters. The van der Waals surface area contributed by atoms with Crippen molar-refractivity contribution >= 4 is 15.8 Å². The van der Waals surface area contributed by atoms with Crippen LogP contribution in [0.25, 0.3) is 0 Å². The molecule has 20 heavy (non-hydrogen) atoms. The number of halogens is 1. The second kappa shape index (κ2) is 5.62. The van der Waals surface area contributed by atoms with Crippen molar-refractivity contribution in [1.29, 1.82) is 0 Å². The van der Waals surface area contributed by atoms with Crippen molar-refractivity contribution in [3.63, 3.8) is 0 Å². The molecule has 0 fully saturated rings. The average molecular weight is 297 g/mol. The third-order valence-electron chi connectivity index (χ3n) is 2.70.